The summed E-state index contributed by atoms with van der Waals surface area (Å²) in [5.41, 5.74) is 0.446. The van der Waals surface area contributed by atoms with Crippen molar-refractivity contribution < 1.29 is 5.21 Å². The third kappa shape index (κ3) is 2.15. The van der Waals surface area contributed by atoms with E-state index >= 15 is 0 Å². The molecule has 0 saturated carbocycles. The quantitative estimate of drug-likeness (QED) is 0.591. The summed E-state index contributed by atoms with van der Waals surface area (Å²) in [7, 11) is 0. The first-order valence-electron chi connectivity index (χ1n) is 4.81. The van der Waals surface area contributed by atoms with Crippen LogP contribution in [-0.4, -0.2) is 33.4 Å². The van der Waals surface area contributed by atoms with E-state index in [0.717, 1.165) is 5.06 Å². The number of hydroxylamine groups is 2. The van der Waals surface area contributed by atoms with E-state index in [-0.39, 0.29) is 0 Å². The van der Waals surface area contributed by atoms with Gasteiger partial charge in [0.05, 0.1) is 11.6 Å². The Kier molecular flexibility index (Phi) is 3.75. The smallest absolute Gasteiger partial charge is 0.214 e. The Morgan fingerprint density at radius 1 is 1.60 bits per heavy atom. The maximum atomic E-state index is 9.69. The molecule has 1 rings (SSSR count). The summed E-state index contributed by atoms with van der Waals surface area (Å²) in [6.45, 7) is 5.25. The molecule has 0 bridgehead atoms. The second-order valence-electron chi connectivity index (χ2n) is 3.18. The van der Waals surface area contributed by atoms with Gasteiger partial charge < -0.3 is 0 Å². The molecule has 82 valence electrons. The van der Waals surface area contributed by atoms with Crippen molar-refractivity contribution in [2.24, 2.45) is 0 Å². The van der Waals surface area contributed by atoms with Gasteiger partial charge in [0.2, 0.25) is 5.12 Å². The fourth-order valence-corrected chi connectivity index (χ4v) is 1.95. The number of rotatable bonds is 3. The van der Waals surface area contributed by atoms with Crippen molar-refractivity contribution >= 4 is 11.6 Å². The van der Waals surface area contributed by atoms with Crippen LogP contribution in [0.2, 0.25) is 0 Å². The standard InChI is InChI=1S/C10H14ClN3O/c1-3-13(4-2)10(11)7-9(8-12)5-6-14(10)15/h5-7,15H,3-4H2,1-2H3. The van der Waals surface area contributed by atoms with E-state index in [1.54, 1.807) is 6.08 Å². The summed E-state index contributed by atoms with van der Waals surface area (Å²) >= 11 is 6.29. The van der Waals surface area contributed by atoms with Gasteiger partial charge in [0, 0.05) is 6.20 Å². The predicted molar refractivity (Wildman–Crippen MR) is 58.0 cm³/mol. The van der Waals surface area contributed by atoms with Crippen molar-refractivity contribution in [3.8, 4) is 6.07 Å². The van der Waals surface area contributed by atoms with Crippen LogP contribution < -0.4 is 0 Å². The van der Waals surface area contributed by atoms with E-state index in [1.165, 1.54) is 12.3 Å². The predicted octanol–water partition coefficient (Wildman–Crippen LogP) is 1.89. The molecule has 1 aliphatic rings. The molecule has 0 spiro atoms. The van der Waals surface area contributed by atoms with E-state index in [4.69, 9.17) is 16.9 Å². The van der Waals surface area contributed by atoms with Gasteiger partial charge in [-0.1, -0.05) is 25.4 Å². The zero-order chi connectivity index (χ0) is 11.5. The second kappa shape index (κ2) is 4.67. The SMILES string of the molecule is CCN(CC)C1(Cl)C=C(C#N)C=CN1O. The van der Waals surface area contributed by atoms with Crippen LogP contribution in [0.15, 0.2) is 23.9 Å². The maximum Gasteiger partial charge on any atom is 0.214 e. The van der Waals surface area contributed by atoms with Gasteiger partial charge in [0.1, 0.15) is 0 Å². The number of likely N-dealkylation sites (N-methyl/N-ethyl adjacent to an activating group) is 1. The van der Waals surface area contributed by atoms with Crippen LogP contribution >= 0.6 is 11.6 Å². The highest BCUT2D eigenvalue weighted by Crippen LogP contribution is 2.30. The molecule has 1 atom stereocenters. The first kappa shape index (κ1) is 12.1. The highest BCUT2D eigenvalue weighted by atomic mass is 35.5. The second-order valence-corrected chi connectivity index (χ2v) is 3.74. The Balaban J connectivity index is 3.05. The lowest BCUT2D eigenvalue weighted by atomic mass is 10.1. The summed E-state index contributed by atoms with van der Waals surface area (Å²) in [5.74, 6) is 0. The fourth-order valence-electron chi connectivity index (χ4n) is 1.54. The van der Waals surface area contributed by atoms with Crippen LogP contribution in [0.25, 0.3) is 0 Å². The van der Waals surface area contributed by atoms with Crippen LogP contribution in [0, 0.1) is 11.3 Å². The first-order chi connectivity index (χ1) is 7.08. The van der Waals surface area contributed by atoms with Gasteiger partial charge in [0.25, 0.3) is 0 Å². The molecule has 5 heteroatoms. The van der Waals surface area contributed by atoms with Crippen molar-refractivity contribution in [1.29, 1.82) is 5.26 Å². The van der Waals surface area contributed by atoms with Crippen LogP contribution in [0.3, 0.4) is 0 Å². The van der Waals surface area contributed by atoms with Gasteiger partial charge in [-0.15, -0.1) is 0 Å². The average molecular weight is 228 g/mol. The zero-order valence-electron chi connectivity index (χ0n) is 8.81. The van der Waals surface area contributed by atoms with Gasteiger partial charge in [-0.2, -0.15) is 5.26 Å². The normalized spacial score (nSPS) is 25.3. The summed E-state index contributed by atoms with van der Waals surface area (Å²) in [4.78, 5) is 1.84. The summed E-state index contributed by atoms with van der Waals surface area (Å²) in [5, 5.41) is 18.2. The lowest BCUT2D eigenvalue weighted by Gasteiger charge is -2.41. The lowest BCUT2D eigenvalue weighted by Crippen LogP contribution is -2.53. The fraction of sp³-hybridized carbons (Fsp3) is 0.500. The van der Waals surface area contributed by atoms with E-state index in [2.05, 4.69) is 0 Å². The zero-order valence-corrected chi connectivity index (χ0v) is 9.57. The van der Waals surface area contributed by atoms with Crippen LogP contribution in [0.4, 0.5) is 0 Å². The van der Waals surface area contributed by atoms with Crippen LogP contribution in [0.1, 0.15) is 13.8 Å². The molecule has 1 heterocycles. The Morgan fingerprint density at radius 3 is 2.67 bits per heavy atom. The summed E-state index contributed by atoms with van der Waals surface area (Å²) in [6, 6.07) is 2.01. The van der Waals surface area contributed by atoms with E-state index in [1.807, 2.05) is 24.8 Å². The minimum absolute atomic E-state index is 0.446. The number of nitriles is 1. The molecule has 1 N–H and O–H groups in total. The molecule has 0 aromatic heterocycles. The molecule has 0 radical (unpaired) electrons. The summed E-state index contributed by atoms with van der Waals surface area (Å²) in [6.07, 6.45) is 4.45. The molecule has 0 aromatic rings. The van der Waals surface area contributed by atoms with Crippen LogP contribution in [0.5, 0.6) is 0 Å². The van der Waals surface area contributed by atoms with Crippen molar-refractivity contribution in [2.75, 3.05) is 13.1 Å². The average Bonchev–Trinajstić information content (AvgIpc) is 2.24. The number of nitrogens with zero attached hydrogens (tertiary/aromatic N) is 3. The van der Waals surface area contributed by atoms with Crippen molar-refractivity contribution in [1.82, 2.24) is 9.96 Å². The van der Waals surface area contributed by atoms with Gasteiger partial charge in [-0.3, -0.25) is 10.1 Å². The van der Waals surface area contributed by atoms with E-state index in [0.29, 0.717) is 18.7 Å². The minimum Gasteiger partial charge on any atom is -0.286 e. The van der Waals surface area contributed by atoms with Crippen LogP contribution in [-0.2, 0) is 0 Å². The highest BCUT2D eigenvalue weighted by Gasteiger charge is 2.37. The largest absolute Gasteiger partial charge is 0.286 e. The third-order valence-corrected chi connectivity index (χ3v) is 2.91. The Morgan fingerprint density at radius 2 is 2.20 bits per heavy atom. The highest BCUT2D eigenvalue weighted by molar-refractivity contribution is 6.24. The molecule has 0 aliphatic carbocycles. The molecule has 1 unspecified atom stereocenters. The topological polar surface area (TPSA) is 50.5 Å². The van der Waals surface area contributed by atoms with Gasteiger partial charge in [-0.05, 0) is 25.2 Å². The molecule has 0 fully saturated rings. The van der Waals surface area contributed by atoms with Crippen molar-refractivity contribution in [2.45, 2.75) is 19.0 Å². The Hall–Kier alpha value is -1.02. The van der Waals surface area contributed by atoms with Crippen molar-refractivity contribution in [3.05, 3.63) is 23.9 Å². The van der Waals surface area contributed by atoms with Gasteiger partial charge in [0.15, 0.2) is 0 Å². The molecule has 1 aliphatic heterocycles. The Bertz CT molecular complexity index is 330. The van der Waals surface area contributed by atoms with E-state index in [9.17, 15) is 5.21 Å². The van der Waals surface area contributed by atoms with E-state index < -0.39 is 5.12 Å². The van der Waals surface area contributed by atoms with Gasteiger partial charge >= 0.3 is 0 Å². The first-order valence-corrected chi connectivity index (χ1v) is 5.19. The molecule has 15 heavy (non-hydrogen) atoms. The number of halogens is 1. The maximum absolute atomic E-state index is 9.69. The monoisotopic (exact) mass is 227 g/mol. The number of allylic oxidation sites excluding steroid dienone is 2. The molecule has 0 amide bonds. The third-order valence-electron chi connectivity index (χ3n) is 2.39. The van der Waals surface area contributed by atoms with Crippen molar-refractivity contribution in [3.63, 3.8) is 0 Å². The molecular formula is C10H14ClN3O. The summed E-state index contributed by atoms with van der Waals surface area (Å²) < 4.78 is 0. The molecule has 0 aromatic carbocycles. The molecule has 4 nitrogen and oxygen atoms in total. The number of alkyl halides is 1. The number of hydrogen-bond donors (Lipinski definition) is 1. The lowest BCUT2D eigenvalue weighted by molar-refractivity contribution is -0.134. The minimum atomic E-state index is -1.15. The Labute approximate surface area is 94.6 Å². The number of hydrogen-bond acceptors (Lipinski definition) is 4. The molecule has 0 saturated heterocycles. The molecular weight excluding hydrogens is 214 g/mol. The van der Waals surface area contributed by atoms with Gasteiger partial charge in [-0.25, -0.2) is 5.06 Å².